The van der Waals surface area contributed by atoms with Gasteiger partial charge in [0, 0.05) is 23.5 Å². The Hall–Kier alpha value is -2.20. The molecular formula is C20H24ClNO3. The predicted molar refractivity (Wildman–Crippen MR) is 103 cm³/mol. The van der Waals surface area contributed by atoms with Crippen LogP contribution in [0.2, 0.25) is 0 Å². The first-order valence-electron chi connectivity index (χ1n) is 8.28. The number of hydrogen-bond acceptors (Lipinski definition) is 3. The summed E-state index contributed by atoms with van der Waals surface area (Å²) >= 11 is 6.31. The van der Waals surface area contributed by atoms with Gasteiger partial charge in [0.2, 0.25) is 5.91 Å². The van der Waals surface area contributed by atoms with E-state index in [9.17, 15) is 4.79 Å². The van der Waals surface area contributed by atoms with Gasteiger partial charge in [0.05, 0.1) is 12.1 Å². The first-order valence-corrected chi connectivity index (χ1v) is 8.66. The summed E-state index contributed by atoms with van der Waals surface area (Å²) in [6.07, 6.45) is 4.82. The van der Waals surface area contributed by atoms with Crippen LogP contribution in [-0.2, 0) is 4.79 Å². The fraction of sp³-hybridized carbons (Fsp3) is 0.350. The number of nitrogens with zero attached hydrogens (tertiary/aromatic N) is 1. The molecule has 0 aliphatic rings. The van der Waals surface area contributed by atoms with Gasteiger partial charge in [-0.15, -0.1) is 0 Å². The van der Waals surface area contributed by atoms with Gasteiger partial charge in [-0.25, -0.2) is 0 Å². The molecule has 0 bridgehead atoms. The van der Waals surface area contributed by atoms with Crippen LogP contribution in [0.15, 0.2) is 46.9 Å². The van der Waals surface area contributed by atoms with Gasteiger partial charge in [-0.3, -0.25) is 4.79 Å². The molecule has 0 radical (unpaired) electrons. The number of ether oxygens (including phenoxy) is 1. The third kappa shape index (κ3) is 4.45. The van der Waals surface area contributed by atoms with Crippen LogP contribution in [0.25, 0.3) is 16.0 Å². The maximum absolute atomic E-state index is 12.3. The van der Waals surface area contributed by atoms with Gasteiger partial charge < -0.3 is 14.1 Å². The Morgan fingerprint density at radius 3 is 2.52 bits per heavy atom. The van der Waals surface area contributed by atoms with Gasteiger partial charge in [-0.2, -0.15) is 0 Å². The molecule has 0 N–H and O–H groups in total. The fourth-order valence-electron chi connectivity index (χ4n) is 2.80. The number of allylic oxidation sites excluding steroid dienone is 2. The number of hydrogen-bond donors (Lipinski definition) is 0. The van der Waals surface area contributed by atoms with E-state index in [1.54, 1.807) is 19.3 Å². The summed E-state index contributed by atoms with van der Waals surface area (Å²) in [5.41, 5.74) is 0.650. The van der Waals surface area contributed by atoms with E-state index in [2.05, 4.69) is 0 Å². The SMILES string of the molecule is COc1cccc2cc(/C(Cl)=C/C=C/C(=O)N(C(C)C)C(C)C)oc12. The molecule has 0 spiro atoms. The lowest BCUT2D eigenvalue weighted by Gasteiger charge is -2.29. The smallest absolute Gasteiger partial charge is 0.247 e. The summed E-state index contributed by atoms with van der Waals surface area (Å²) in [7, 11) is 1.60. The van der Waals surface area contributed by atoms with Crippen LogP contribution >= 0.6 is 11.6 Å². The van der Waals surface area contributed by atoms with Crippen molar-refractivity contribution < 1.29 is 13.9 Å². The molecule has 5 heteroatoms. The average Bonchev–Trinajstić information content (AvgIpc) is 2.98. The molecular weight excluding hydrogens is 338 g/mol. The summed E-state index contributed by atoms with van der Waals surface area (Å²) in [5.74, 6) is 1.14. The number of benzene rings is 1. The minimum Gasteiger partial charge on any atom is -0.493 e. The van der Waals surface area contributed by atoms with E-state index in [1.165, 1.54) is 6.08 Å². The second kappa shape index (κ2) is 8.26. The molecule has 2 rings (SSSR count). The van der Waals surface area contributed by atoms with Crippen molar-refractivity contribution in [3.05, 3.63) is 48.3 Å². The topological polar surface area (TPSA) is 42.7 Å². The Morgan fingerprint density at radius 2 is 1.92 bits per heavy atom. The quantitative estimate of drug-likeness (QED) is 0.523. The lowest BCUT2D eigenvalue weighted by molar-refractivity contribution is -0.129. The number of para-hydroxylation sites is 1. The monoisotopic (exact) mass is 361 g/mol. The largest absolute Gasteiger partial charge is 0.493 e. The summed E-state index contributed by atoms with van der Waals surface area (Å²) < 4.78 is 11.1. The summed E-state index contributed by atoms with van der Waals surface area (Å²) in [4.78, 5) is 14.1. The number of carbonyl (C=O) groups is 1. The van der Waals surface area contributed by atoms with Gasteiger partial charge >= 0.3 is 0 Å². The van der Waals surface area contributed by atoms with Crippen molar-refractivity contribution in [1.29, 1.82) is 0 Å². The van der Waals surface area contributed by atoms with Crippen LogP contribution in [0.1, 0.15) is 33.5 Å². The molecule has 1 aromatic heterocycles. The van der Waals surface area contributed by atoms with E-state index in [4.69, 9.17) is 20.8 Å². The lowest BCUT2D eigenvalue weighted by atomic mass is 10.2. The molecule has 134 valence electrons. The maximum atomic E-state index is 12.3. The highest BCUT2D eigenvalue weighted by Gasteiger charge is 2.17. The molecule has 0 atom stereocenters. The van der Waals surface area contributed by atoms with Crippen molar-refractivity contribution in [3.63, 3.8) is 0 Å². The van der Waals surface area contributed by atoms with Crippen LogP contribution in [0.3, 0.4) is 0 Å². The predicted octanol–water partition coefficient (Wildman–Crippen LogP) is 5.22. The Morgan fingerprint density at radius 1 is 1.24 bits per heavy atom. The molecule has 0 saturated carbocycles. The first kappa shape index (κ1) is 19.1. The molecule has 0 unspecified atom stereocenters. The highest BCUT2D eigenvalue weighted by atomic mass is 35.5. The van der Waals surface area contributed by atoms with Crippen LogP contribution in [0.5, 0.6) is 5.75 Å². The van der Waals surface area contributed by atoms with E-state index in [0.717, 1.165) is 5.39 Å². The Bertz CT molecular complexity index is 794. The zero-order valence-corrected chi connectivity index (χ0v) is 16.0. The molecule has 0 saturated heterocycles. The van der Waals surface area contributed by atoms with Gasteiger partial charge in [0.15, 0.2) is 11.3 Å². The Balaban J connectivity index is 2.20. The van der Waals surface area contributed by atoms with Crippen molar-refractivity contribution in [1.82, 2.24) is 4.90 Å². The van der Waals surface area contributed by atoms with E-state index >= 15 is 0 Å². The average molecular weight is 362 g/mol. The van der Waals surface area contributed by atoms with Gasteiger partial charge in [-0.1, -0.05) is 29.8 Å². The van der Waals surface area contributed by atoms with Crippen LogP contribution in [-0.4, -0.2) is 30.0 Å². The number of methoxy groups -OCH3 is 1. The minimum absolute atomic E-state index is 0.0445. The number of furan rings is 1. The van der Waals surface area contributed by atoms with Crippen molar-refractivity contribution in [2.45, 2.75) is 39.8 Å². The second-order valence-electron chi connectivity index (χ2n) is 6.30. The highest BCUT2D eigenvalue weighted by Crippen LogP contribution is 2.32. The molecule has 1 aromatic carbocycles. The summed E-state index contributed by atoms with van der Waals surface area (Å²) in [5, 5.41) is 1.33. The first-order chi connectivity index (χ1) is 11.8. The van der Waals surface area contributed by atoms with E-state index < -0.39 is 0 Å². The number of fused-ring (bicyclic) bond motifs is 1. The van der Waals surface area contributed by atoms with Gasteiger partial charge in [-0.05, 0) is 45.9 Å². The summed E-state index contributed by atoms with van der Waals surface area (Å²) in [6.45, 7) is 7.99. The van der Waals surface area contributed by atoms with Crippen molar-refractivity contribution in [2.24, 2.45) is 0 Å². The molecule has 0 aliphatic heterocycles. The standard InChI is InChI=1S/C20H24ClNO3/c1-13(2)22(14(3)4)19(23)11-7-9-16(21)18-12-15-8-6-10-17(24-5)20(15)25-18/h6-14H,1-5H3/b11-7+,16-9-. The molecule has 25 heavy (non-hydrogen) atoms. The molecule has 1 amide bonds. The number of halogens is 1. The van der Waals surface area contributed by atoms with Crippen LogP contribution < -0.4 is 4.74 Å². The van der Waals surface area contributed by atoms with Crippen molar-refractivity contribution in [2.75, 3.05) is 7.11 Å². The van der Waals surface area contributed by atoms with Gasteiger partial charge in [0.25, 0.3) is 0 Å². The third-order valence-corrected chi connectivity index (χ3v) is 4.12. The van der Waals surface area contributed by atoms with Crippen LogP contribution in [0, 0.1) is 0 Å². The molecule has 1 heterocycles. The molecule has 4 nitrogen and oxygen atoms in total. The van der Waals surface area contributed by atoms with E-state index in [1.807, 2.05) is 56.9 Å². The number of rotatable bonds is 6. The fourth-order valence-corrected chi connectivity index (χ4v) is 2.97. The maximum Gasteiger partial charge on any atom is 0.247 e. The third-order valence-electron chi connectivity index (χ3n) is 3.81. The number of carbonyl (C=O) groups excluding carboxylic acids is 1. The Kier molecular flexibility index (Phi) is 6.32. The molecule has 0 fully saturated rings. The van der Waals surface area contributed by atoms with Crippen LogP contribution in [0.4, 0.5) is 0 Å². The summed E-state index contributed by atoms with van der Waals surface area (Å²) in [6, 6.07) is 7.78. The molecule has 0 aliphatic carbocycles. The molecule has 2 aromatic rings. The van der Waals surface area contributed by atoms with E-state index in [-0.39, 0.29) is 18.0 Å². The number of amides is 1. The van der Waals surface area contributed by atoms with Crippen molar-refractivity contribution in [3.8, 4) is 5.75 Å². The Labute approximate surface area is 153 Å². The van der Waals surface area contributed by atoms with E-state index in [0.29, 0.717) is 22.1 Å². The zero-order valence-electron chi connectivity index (χ0n) is 15.2. The second-order valence-corrected chi connectivity index (χ2v) is 6.70. The normalized spacial score (nSPS) is 12.6. The zero-order chi connectivity index (χ0) is 18.6. The lowest BCUT2D eigenvalue weighted by Crippen LogP contribution is -2.41. The van der Waals surface area contributed by atoms with Crippen molar-refractivity contribution >= 4 is 33.5 Å². The highest BCUT2D eigenvalue weighted by molar-refractivity contribution is 6.48. The van der Waals surface area contributed by atoms with Gasteiger partial charge in [0.1, 0.15) is 5.76 Å². The minimum atomic E-state index is -0.0445.